The van der Waals surface area contributed by atoms with E-state index in [1.807, 2.05) is 0 Å². The molecule has 540 valence electrons. The first-order valence-electron chi connectivity index (χ1n) is 36.9. The SMILES string of the molecule is CCCC/C=C\CCCCCCCC(=O)OC(COC(=O)CCCCCCC/C=C\C/C=C\CCCCC)COP(=O)(O)OCC(O)COP(=O)(O)OCC(O)COC(=O)CCCCCCCCCCCCCCCCC/C=C\C/C=C\C/C=C\C/C=C\CCCCC. The molecule has 0 amide bonds. The predicted octanol–water partition coefficient (Wildman–Crippen LogP) is 20.9. The van der Waals surface area contributed by atoms with Gasteiger partial charge in [0, 0.05) is 19.3 Å². The highest BCUT2D eigenvalue weighted by atomic mass is 31.2. The zero-order valence-electron chi connectivity index (χ0n) is 58.7. The summed E-state index contributed by atoms with van der Waals surface area (Å²) in [6.45, 7) is 2.57. The zero-order chi connectivity index (χ0) is 68.1. The van der Waals surface area contributed by atoms with Crippen LogP contribution in [0.15, 0.2) is 85.1 Å². The third-order valence-corrected chi connectivity index (χ3v) is 17.5. The van der Waals surface area contributed by atoms with Crippen LogP contribution in [-0.4, -0.2) is 95.9 Å². The Morgan fingerprint density at radius 1 is 0.301 bits per heavy atom. The molecule has 0 rings (SSSR count). The Balaban J connectivity index is 4.36. The molecule has 0 aliphatic rings. The summed E-state index contributed by atoms with van der Waals surface area (Å²) in [7, 11) is -9.77. The largest absolute Gasteiger partial charge is 0.472 e. The smallest absolute Gasteiger partial charge is 0.463 e. The van der Waals surface area contributed by atoms with Gasteiger partial charge in [0.2, 0.25) is 0 Å². The van der Waals surface area contributed by atoms with Crippen LogP contribution < -0.4 is 0 Å². The van der Waals surface area contributed by atoms with E-state index in [9.17, 15) is 43.5 Å². The van der Waals surface area contributed by atoms with E-state index < -0.39 is 91.5 Å². The van der Waals surface area contributed by atoms with Crippen molar-refractivity contribution in [2.45, 2.75) is 334 Å². The van der Waals surface area contributed by atoms with Crippen LogP contribution in [0.2, 0.25) is 0 Å². The Bertz CT molecular complexity index is 2040. The average Bonchev–Trinajstić information content (AvgIpc) is 2.78. The number of phosphoric acid groups is 2. The maximum absolute atomic E-state index is 12.9. The first-order valence-corrected chi connectivity index (χ1v) is 39.9. The number of unbranched alkanes of at least 4 members (excludes halogenated alkanes) is 33. The molecule has 0 saturated heterocycles. The molecule has 0 radical (unpaired) electrons. The number of carbonyl (C=O) groups is 3. The van der Waals surface area contributed by atoms with Gasteiger partial charge in [0.05, 0.1) is 26.4 Å². The number of phosphoric ester groups is 2. The highest BCUT2D eigenvalue weighted by Gasteiger charge is 2.29. The Labute approximate surface area is 565 Å². The topological polar surface area (TPSA) is 231 Å². The molecular weight excluding hydrogens is 1220 g/mol. The fraction of sp³-hybridized carbons (Fsp3) is 0.773. The zero-order valence-corrected chi connectivity index (χ0v) is 60.5. The lowest BCUT2D eigenvalue weighted by Gasteiger charge is -2.21. The molecule has 0 aliphatic heterocycles. The lowest BCUT2D eigenvalue weighted by molar-refractivity contribution is -0.161. The number of allylic oxidation sites excluding steroid dienone is 14. The maximum atomic E-state index is 12.9. The summed E-state index contributed by atoms with van der Waals surface area (Å²) in [5.74, 6) is -1.59. The summed E-state index contributed by atoms with van der Waals surface area (Å²) in [5, 5.41) is 20.6. The van der Waals surface area contributed by atoms with Crippen molar-refractivity contribution < 1.29 is 75.8 Å². The van der Waals surface area contributed by atoms with E-state index >= 15 is 0 Å². The Kier molecular flexibility index (Phi) is 66.2. The van der Waals surface area contributed by atoms with Crippen molar-refractivity contribution in [1.29, 1.82) is 0 Å². The molecule has 0 aromatic heterocycles. The molecule has 0 aromatic rings. The highest BCUT2D eigenvalue weighted by molar-refractivity contribution is 7.47. The normalized spacial score (nSPS) is 14.6. The second-order valence-corrected chi connectivity index (χ2v) is 27.6. The molecule has 0 saturated carbocycles. The maximum Gasteiger partial charge on any atom is 0.472 e. The molecule has 0 spiro atoms. The van der Waals surface area contributed by atoms with Gasteiger partial charge >= 0.3 is 33.6 Å². The van der Waals surface area contributed by atoms with E-state index in [0.717, 1.165) is 122 Å². The summed E-state index contributed by atoms with van der Waals surface area (Å²) >= 11 is 0. The molecule has 5 unspecified atom stereocenters. The van der Waals surface area contributed by atoms with Gasteiger partial charge in [-0.25, -0.2) is 9.13 Å². The molecule has 93 heavy (non-hydrogen) atoms. The number of aliphatic hydroxyl groups excluding tert-OH is 2. The van der Waals surface area contributed by atoms with Gasteiger partial charge in [-0.15, -0.1) is 0 Å². The van der Waals surface area contributed by atoms with Crippen LogP contribution >= 0.6 is 15.6 Å². The lowest BCUT2D eigenvalue weighted by atomic mass is 10.0. The first-order chi connectivity index (χ1) is 45.2. The molecule has 0 aromatic carbocycles. The van der Waals surface area contributed by atoms with Crippen LogP contribution in [0.25, 0.3) is 0 Å². The second kappa shape index (κ2) is 68.7. The van der Waals surface area contributed by atoms with Gasteiger partial charge in [0.1, 0.15) is 25.4 Å². The molecule has 0 bridgehead atoms. The van der Waals surface area contributed by atoms with Crippen molar-refractivity contribution in [3.63, 3.8) is 0 Å². The molecule has 0 fully saturated rings. The lowest BCUT2D eigenvalue weighted by Crippen LogP contribution is -2.30. The van der Waals surface area contributed by atoms with E-state index in [2.05, 4.69) is 106 Å². The van der Waals surface area contributed by atoms with Crippen LogP contribution in [0.4, 0.5) is 0 Å². The third-order valence-electron chi connectivity index (χ3n) is 15.6. The summed E-state index contributed by atoms with van der Waals surface area (Å²) < 4.78 is 60.8. The number of aliphatic hydroxyl groups is 2. The summed E-state index contributed by atoms with van der Waals surface area (Å²) in [6.07, 6.45) is 75.2. The summed E-state index contributed by atoms with van der Waals surface area (Å²) in [6, 6.07) is 0. The van der Waals surface area contributed by atoms with Crippen LogP contribution in [0, 0.1) is 0 Å². The molecule has 18 heteroatoms. The minimum absolute atomic E-state index is 0.0924. The van der Waals surface area contributed by atoms with Gasteiger partial charge in [-0.2, -0.15) is 0 Å². The molecule has 16 nitrogen and oxygen atoms in total. The minimum atomic E-state index is -4.92. The van der Waals surface area contributed by atoms with Gasteiger partial charge in [-0.3, -0.25) is 32.5 Å². The summed E-state index contributed by atoms with van der Waals surface area (Å²) in [5.41, 5.74) is 0. The molecular formula is C75H134O16P2. The van der Waals surface area contributed by atoms with Crippen molar-refractivity contribution in [3.8, 4) is 0 Å². The number of hydrogen-bond donors (Lipinski definition) is 4. The molecule has 0 aliphatic carbocycles. The quantitative estimate of drug-likeness (QED) is 0.0146. The number of hydrogen-bond acceptors (Lipinski definition) is 14. The van der Waals surface area contributed by atoms with Crippen molar-refractivity contribution in [2.75, 3.05) is 39.6 Å². The standard InChI is InChI=1S/C75H134O16P2/c1-4-7-10-13-16-19-22-24-26-27-28-29-30-31-32-33-34-35-36-37-38-39-40-41-43-45-47-49-52-55-58-61-73(78)85-64-70(76)65-87-92(81,82)88-66-71(77)67-89-93(83,84)90-69-72(91-75(80)63-60-57-54-51-46-21-18-15-12-9-6-3)68-86-74(79)62-59-56-53-50-48-44-42-25-23-20-17-14-11-8-5-2/h15-20,24-26,28-29,31-32,42,70-72,76-77H,4-14,21-23,27,30,33-41,43-69H2,1-3H3,(H,81,82)(H,83,84)/b18-15-,19-16-,20-17-,26-24-,29-28-,32-31-,42-25-. The van der Waals surface area contributed by atoms with E-state index in [1.165, 1.54) is 135 Å². The number of ether oxygens (including phenoxy) is 3. The van der Waals surface area contributed by atoms with Gasteiger partial charge in [0.15, 0.2) is 6.10 Å². The highest BCUT2D eigenvalue weighted by Crippen LogP contribution is 2.45. The van der Waals surface area contributed by atoms with Crippen LogP contribution in [0.1, 0.15) is 316 Å². The van der Waals surface area contributed by atoms with Gasteiger partial charge < -0.3 is 34.2 Å². The van der Waals surface area contributed by atoms with E-state index in [0.29, 0.717) is 19.3 Å². The molecule has 4 N–H and O–H groups in total. The molecule has 0 heterocycles. The fourth-order valence-electron chi connectivity index (χ4n) is 9.86. The average molecular weight is 1350 g/mol. The number of carbonyl (C=O) groups excluding carboxylic acids is 3. The Hall–Kier alpha value is -3.27. The second-order valence-electron chi connectivity index (χ2n) is 24.7. The monoisotopic (exact) mass is 1350 g/mol. The van der Waals surface area contributed by atoms with Crippen LogP contribution in [0.5, 0.6) is 0 Å². The van der Waals surface area contributed by atoms with Gasteiger partial charge in [-0.05, 0) is 116 Å². The van der Waals surface area contributed by atoms with Crippen molar-refractivity contribution in [2.24, 2.45) is 0 Å². The van der Waals surface area contributed by atoms with Gasteiger partial charge in [-0.1, -0.05) is 266 Å². The number of rotatable bonds is 70. The van der Waals surface area contributed by atoms with Crippen molar-refractivity contribution in [1.82, 2.24) is 0 Å². The van der Waals surface area contributed by atoms with Crippen LogP contribution in [0.3, 0.4) is 0 Å². The van der Waals surface area contributed by atoms with Crippen molar-refractivity contribution in [3.05, 3.63) is 85.1 Å². The first kappa shape index (κ1) is 89.7. The predicted molar refractivity (Wildman–Crippen MR) is 381 cm³/mol. The summed E-state index contributed by atoms with van der Waals surface area (Å²) in [4.78, 5) is 58.3. The van der Waals surface area contributed by atoms with E-state index in [1.54, 1.807) is 0 Å². The number of esters is 3. The Morgan fingerprint density at radius 3 is 0.892 bits per heavy atom. The van der Waals surface area contributed by atoms with Crippen molar-refractivity contribution >= 4 is 33.6 Å². The van der Waals surface area contributed by atoms with Gasteiger partial charge in [0.25, 0.3) is 0 Å². The fourth-order valence-corrected chi connectivity index (χ4v) is 11.4. The van der Waals surface area contributed by atoms with Crippen LogP contribution in [-0.2, 0) is 55.8 Å². The third kappa shape index (κ3) is 69.9. The Morgan fingerprint density at radius 2 is 0.548 bits per heavy atom. The molecule has 5 atom stereocenters. The minimum Gasteiger partial charge on any atom is -0.463 e. The van der Waals surface area contributed by atoms with E-state index in [-0.39, 0.29) is 19.3 Å². The van der Waals surface area contributed by atoms with E-state index in [4.69, 9.17) is 32.3 Å².